The van der Waals surface area contributed by atoms with Crippen molar-refractivity contribution in [2.45, 2.75) is 67.0 Å². The van der Waals surface area contributed by atoms with Gasteiger partial charge in [-0.1, -0.05) is 25.4 Å². The zero-order chi connectivity index (χ0) is 27.2. The third-order valence-corrected chi connectivity index (χ3v) is 5.83. The zero-order valence-electron chi connectivity index (χ0n) is 22.3. The van der Waals surface area contributed by atoms with Crippen molar-refractivity contribution in [2.75, 3.05) is 7.11 Å². The number of rotatable bonds is 6. The van der Waals surface area contributed by atoms with Crippen LogP contribution in [0, 0.1) is 6.92 Å². The molecule has 0 atom stereocenters. The van der Waals surface area contributed by atoms with Gasteiger partial charge in [0.2, 0.25) is 5.91 Å². The van der Waals surface area contributed by atoms with E-state index in [4.69, 9.17) is 16.3 Å². The molecular formula is C28H36ClN3O4. The number of carbonyl (C=O) groups is 3. The molecule has 2 aromatic carbocycles. The van der Waals surface area contributed by atoms with E-state index in [0.717, 1.165) is 5.39 Å². The predicted molar refractivity (Wildman–Crippen MR) is 145 cm³/mol. The van der Waals surface area contributed by atoms with Gasteiger partial charge in [-0.25, -0.2) is 4.79 Å². The molecule has 3 rings (SSSR count). The molecule has 0 aliphatic carbocycles. The van der Waals surface area contributed by atoms with Crippen molar-refractivity contribution in [3.8, 4) is 5.75 Å². The number of methoxy groups -OCH3 is 1. The topological polar surface area (TPSA) is 80.6 Å². The highest BCUT2D eigenvalue weighted by Gasteiger charge is 2.28. The van der Waals surface area contributed by atoms with Gasteiger partial charge in [-0.2, -0.15) is 0 Å². The number of imide groups is 1. The van der Waals surface area contributed by atoms with Crippen molar-refractivity contribution in [3.63, 3.8) is 0 Å². The first kappa shape index (κ1) is 28.9. The summed E-state index contributed by atoms with van der Waals surface area (Å²) in [7, 11) is 1.56. The highest BCUT2D eigenvalue weighted by atomic mass is 35.5. The summed E-state index contributed by atoms with van der Waals surface area (Å²) in [6, 6.07) is 11.2. The Kier molecular flexibility index (Phi) is 10.1. The summed E-state index contributed by atoms with van der Waals surface area (Å²) in [5.41, 5.74) is 2.43. The van der Waals surface area contributed by atoms with E-state index in [-0.39, 0.29) is 30.3 Å². The summed E-state index contributed by atoms with van der Waals surface area (Å²) in [5, 5.41) is 4.05. The SMILES string of the molecule is CC.COc1ccc2c(c1)c(CC(=O)N(C(=O)NC(C)C)C(C)C)c(C)n2C(=O)c1ccc(Cl)cc1. The average molecular weight is 514 g/mol. The molecule has 1 aromatic heterocycles. The number of fused-ring (bicyclic) bond motifs is 1. The van der Waals surface area contributed by atoms with Gasteiger partial charge in [0.05, 0.1) is 19.0 Å². The van der Waals surface area contributed by atoms with Gasteiger partial charge in [0.25, 0.3) is 5.91 Å². The molecule has 0 aliphatic heterocycles. The lowest BCUT2D eigenvalue weighted by atomic mass is 10.1. The van der Waals surface area contributed by atoms with Crippen LogP contribution in [0.15, 0.2) is 42.5 Å². The lowest BCUT2D eigenvalue weighted by Gasteiger charge is -2.26. The number of urea groups is 1. The molecule has 0 saturated heterocycles. The van der Waals surface area contributed by atoms with Crippen LogP contribution in [0.5, 0.6) is 5.75 Å². The number of halogens is 1. The Bertz CT molecular complexity index is 1230. The molecular weight excluding hydrogens is 478 g/mol. The molecule has 36 heavy (non-hydrogen) atoms. The van der Waals surface area contributed by atoms with Gasteiger partial charge < -0.3 is 10.1 Å². The van der Waals surface area contributed by atoms with Crippen molar-refractivity contribution in [1.29, 1.82) is 0 Å². The number of ether oxygens (including phenoxy) is 1. The first-order chi connectivity index (χ1) is 17.0. The number of amides is 3. The van der Waals surface area contributed by atoms with Crippen LogP contribution in [0.3, 0.4) is 0 Å². The number of hydrogen-bond acceptors (Lipinski definition) is 4. The van der Waals surface area contributed by atoms with E-state index < -0.39 is 6.03 Å². The lowest BCUT2D eigenvalue weighted by molar-refractivity contribution is -0.128. The van der Waals surface area contributed by atoms with Gasteiger partial charge in [-0.3, -0.25) is 19.1 Å². The maximum Gasteiger partial charge on any atom is 0.324 e. The second-order valence-electron chi connectivity index (χ2n) is 8.73. The van der Waals surface area contributed by atoms with Gasteiger partial charge in [0.1, 0.15) is 5.75 Å². The van der Waals surface area contributed by atoms with Crippen LogP contribution in [0.2, 0.25) is 5.02 Å². The number of carbonyl (C=O) groups excluding carboxylic acids is 3. The summed E-state index contributed by atoms with van der Waals surface area (Å²) in [6.45, 7) is 13.1. The minimum Gasteiger partial charge on any atom is -0.497 e. The number of nitrogens with one attached hydrogen (secondary N) is 1. The highest BCUT2D eigenvalue weighted by molar-refractivity contribution is 6.30. The molecule has 3 aromatic rings. The minimum atomic E-state index is -0.439. The van der Waals surface area contributed by atoms with E-state index in [1.165, 1.54) is 4.90 Å². The second-order valence-corrected chi connectivity index (χ2v) is 9.17. The van der Waals surface area contributed by atoms with E-state index in [0.29, 0.717) is 33.1 Å². The second kappa shape index (κ2) is 12.6. The maximum atomic E-state index is 13.4. The van der Waals surface area contributed by atoms with Crippen LogP contribution < -0.4 is 10.1 Å². The Labute approximate surface area is 218 Å². The summed E-state index contributed by atoms with van der Waals surface area (Å²) in [6.07, 6.45) is -0.0416. The number of hydrogen-bond donors (Lipinski definition) is 1. The lowest BCUT2D eigenvalue weighted by Crippen LogP contribution is -2.50. The molecule has 0 fully saturated rings. The number of nitrogens with zero attached hydrogens (tertiary/aromatic N) is 2. The molecule has 1 N–H and O–H groups in total. The van der Waals surface area contributed by atoms with Crippen LogP contribution >= 0.6 is 11.6 Å². The van der Waals surface area contributed by atoms with Crippen molar-refractivity contribution in [2.24, 2.45) is 0 Å². The third kappa shape index (κ3) is 6.26. The Morgan fingerprint density at radius 2 is 1.64 bits per heavy atom. The van der Waals surface area contributed by atoms with E-state index in [1.807, 2.05) is 33.8 Å². The molecule has 0 radical (unpaired) electrons. The van der Waals surface area contributed by atoms with Gasteiger partial charge in [0.15, 0.2) is 0 Å². The van der Waals surface area contributed by atoms with Gasteiger partial charge in [0, 0.05) is 33.7 Å². The number of aromatic nitrogens is 1. The van der Waals surface area contributed by atoms with Crippen LogP contribution in [-0.4, -0.2) is 46.5 Å². The van der Waals surface area contributed by atoms with Gasteiger partial charge in [-0.05, 0) is 82.6 Å². The standard InChI is InChI=1S/C26H30ClN3O4.C2H6/c1-15(2)28-26(33)29(16(3)4)24(31)14-21-17(5)30(23-12-11-20(34-6)13-22(21)23)25(32)18-7-9-19(27)10-8-18;1-2/h7-13,15-16H,14H2,1-6H3,(H,28,33);1-2H3. The fraction of sp³-hybridized carbons (Fsp3) is 0.393. The number of benzene rings is 2. The summed E-state index contributed by atoms with van der Waals surface area (Å²) < 4.78 is 6.98. The van der Waals surface area contributed by atoms with Crippen LogP contribution in [0.1, 0.15) is 63.2 Å². The molecule has 3 amide bonds. The smallest absolute Gasteiger partial charge is 0.324 e. The largest absolute Gasteiger partial charge is 0.497 e. The van der Waals surface area contributed by atoms with E-state index in [9.17, 15) is 14.4 Å². The summed E-state index contributed by atoms with van der Waals surface area (Å²) in [4.78, 5) is 40.7. The maximum absolute atomic E-state index is 13.4. The van der Waals surface area contributed by atoms with Crippen molar-refractivity contribution >= 4 is 40.3 Å². The minimum absolute atomic E-state index is 0.0416. The van der Waals surface area contributed by atoms with Crippen molar-refractivity contribution in [3.05, 3.63) is 64.3 Å². The van der Waals surface area contributed by atoms with E-state index in [1.54, 1.807) is 68.8 Å². The van der Waals surface area contributed by atoms with E-state index >= 15 is 0 Å². The molecule has 194 valence electrons. The zero-order valence-corrected chi connectivity index (χ0v) is 23.1. The fourth-order valence-corrected chi connectivity index (χ4v) is 4.11. The van der Waals surface area contributed by atoms with Crippen molar-refractivity contribution in [1.82, 2.24) is 14.8 Å². The molecule has 7 nitrogen and oxygen atoms in total. The molecule has 8 heteroatoms. The Balaban J connectivity index is 0.00000222. The van der Waals surface area contributed by atoms with E-state index in [2.05, 4.69) is 5.32 Å². The predicted octanol–water partition coefficient (Wildman–Crippen LogP) is 6.22. The molecule has 0 unspecified atom stereocenters. The summed E-state index contributed by atoms with van der Waals surface area (Å²) >= 11 is 5.99. The monoisotopic (exact) mass is 513 g/mol. The highest BCUT2D eigenvalue weighted by Crippen LogP contribution is 2.31. The molecule has 1 heterocycles. The first-order valence-corrected chi connectivity index (χ1v) is 12.5. The Morgan fingerprint density at radius 1 is 1.03 bits per heavy atom. The molecule has 0 bridgehead atoms. The van der Waals surface area contributed by atoms with Gasteiger partial charge >= 0.3 is 6.03 Å². The Morgan fingerprint density at radius 3 is 2.17 bits per heavy atom. The summed E-state index contributed by atoms with van der Waals surface area (Å²) in [5.74, 6) is 0.0221. The normalized spacial score (nSPS) is 10.8. The molecule has 0 saturated carbocycles. The average Bonchev–Trinajstić information content (AvgIpc) is 3.10. The quantitative estimate of drug-likeness (QED) is 0.424. The Hall–Kier alpha value is -3.32. The van der Waals surface area contributed by atoms with Crippen LogP contribution in [-0.2, 0) is 11.2 Å². The third-order valence-electron chi connectivity index (χ3n) is 5.58. The van der Waals surface area contributed by atoms with Crippen LogP contribution in [0.4, 0.5) is 4.79 Å². The van der Waals surface area contributed by atoms with Crippen molar-refractivity contribution < 1.29 is 19.1 Å². The fourth-order valence-electron chi connectivity index (χ4n) is 3.98. The first-order valence-electron chi connectivity index (χ1n) is 12.2. The van der Waals surface area contributed by atoms with Gasteiger partial charge in [-0.15, -0.1) is 0 Å². The molecule has 0 aliphatic rings. The van der Waals surface area contributed by atoms with Crippen LogP contribution in [0.25, 0.3) is 10.9 Å². The molecule has 0 spiro atoms.